The Labute approximate surface area is 158 Å². The molecule has 0 aliphatic carbocycles. The molecule has 2 aromatic heterocycles. The fraction of sp³-hybridized carbons (Fsp3) is 0.278. The summed E-state index contributed by atoms with van der Waals surface area (Å²) in [7, 11) is 0. The lowest BCUT2D eigenvalue weighted by Crippen LogP contribution is -2.37. The van der Waals surface area contributed by atoms with Crippen LogP contribution in [0.5, 0.6) is 0 Å². The number of carbonyl (C=O) groups excluding carboxylic acids is 1. The molecule has 1 aliphatic rings. The summed E-state index contributed by atoms with van der Waals surface area (Å²) in [5, 5.41) is 20.9. The number of aromatic nitrogens is 2. The van der Waals surface area contributed by atoms with E-state index in [1.807, 2.05) is 12.1 Å². The topological polar surface area (TPSA) is 102 Å². The fourth-order valence-corrected chi connectivity index (χ4v) is 4.12. The third kappa shape index (κ3) is 3.59. The molecule has 1 fully saturated rings. The van der Waals surface area contributed by atoms with Crippen molar-refractivity contribution in [3.63, 3.8) is 0 Å². The molecule has 0 spiro atoms. The molecule has 0 bridgehead atoms. The zero-order chi connectivity index (χ0) is 18.8. The van der Waals surface area contributed by atoms with Crippen LogP contribution in [0, 0.1) is 10.1 Å². The highest BCUT2D eigenvalue weighted by atomic mass is 32.1. The average molecular weight is 384 g/mol. The monoisotopic (exact) mass is 384 g/mol. The summed E-state index contributed by atoms with van der Waals surface area (Å²) in [4.78, 5) is 24.6. The van der Waals surface area contributed by atoms with E-state index in [1.54, 1.807) is 11.2 Å². The normalized spacial score (nSPS) is 15.0. The van der Waals surface area contributed by atoms with Crippen molar-refractivity contribution in [3.05, 3.63) is 63.3 Å². The molecule has 27 heavy (non-hydrogen) atoms. The lowest BCUT2D eigenvalue weighted by molar-refractivity contribution is -0.384. The van der Waals surface area contributed by atoms with Crippen molar-refractivity contribution in [2.75, 3.05) is 13.1 Å². The summed E-state index contributed by atoms with van der Waals surface area (Å²) >= 11 is 1.52. The second kappa shape index (κ2) is 7.28. The molecule has 8 nitrogen and oxygen atoms in total. The van der Waals surface area contributed by atoms with Gasteiger partial charge in [0.2, 0.25) is 0 Å². The maximum atomic E-state index is 12.6. The van der Waals surface area contributed by atoms with Gasteiger partial charge in [-0.2, -0.15) is 0 Å². The molecule has 0 saturated carbocycles. The molecule has 1 saturated heterocycles. The number of rotatable bonds is 4. The molecular formula is C18H16N4O4S. The number of piperidine rings is 1. The maximum absolute atomic E-state index is 12.6. The molecule has 138 valence electrons. The van der Waals surface area contributed by atoms with E-state index in [0.717, 1.165) is 22.9 Å². The first kappa shape index (κ1) is 17.3. The Morgan fingerprint density at radius 3 is 2.56 bits per heavy atom. The summed E-state index contributed by atoms with van der Waals surface area (Å²) in [6.45, 7) is 1.24. The van der Waals surface area contributed by atoms with Crippen LogP contribution in [0.15, 0.2) is 47.1 Å². The van der Waals surface area contributed by atoms with Gasteiger partial charge in [-0.25, -0.2) is 0 Å². The zero-order valence-electron chi connectivity index (χ0n) is 14.3. The van der Waals surface area contributed by atoms with Crippen molar-refractivity contribution in [2.24, 2.45) is 0 Å². The van der Waals surface area contributed by atoms with Crippen molar-refractivity contribution in [3.8, 4) is 10.8 Å². The van der Waals surface area contributed by atoms with E-state index in [1.165, 1.54) is 35.6 Å². The molecule has 1 aromatic carbocycles. The number of hydrogen-bond donors (Lipinski definition) is 0. The standard InChI is InChI=1S/C18H16N4O4S/c23-18(13-3-5-14(6-4-13)22(24)25)21-9-7-12(8-10-21)16-19-20-17(27-16)15-2-1-11-26-15/h1-6,11-12H,7-10H2. The van der Waals surface area contributed by atoms with Crippen LogP contribution in [0.2, 0.25) is 0 Å². The maximum Gasteiger partial charge on any atom is 0.269 e. The minimum Gasteiger partial charge on any atom is -0.462 e. The number of benzene rings is 1. The molecular weight excluding hydrogens is 368 g/mol. The Bertz CT molecular complexity index is 944. The Morgan fingerprint density at radius 2 is 1.93 bits per heavy atom. The van der Waals surface area contributed by atoms with Crippen LogP contribution in [-0.4, -0.2) is 39.0 Å². The van der Waals surface area contributed by atoms with E-state index in [9.17, 15) is 14.9 Å². The molecule has 3 aromatic rings. The number of carbonyl (C=O) groups is 1. The minimum absolute atomic E-state index is 0.0195. The van der Waals surface area contributed by atoms with Gasteiger partial charge < -0.3 is 9.32 Å². The summed E-state index contributed by atoms with van der Waals surface area (Å²) in [5.41, 5.74) is 0.448. The van der Waals surface area contributed by atoms with E-state index in [2.05, 4.69) is 10.2 Å². The van der Waals surface area contributed by atoms with E-state index < -0.39 is 4.92 Å². The largest absolute Gasteiger partial charge is 0.462 e. The first-order chi connectivity index (χ1) is 13.1. The van der Waals surface area contributed by atoms with Gasteiger partial charge in [0.1, 0.15) is 5.01 Å². The van der Waals surface area contributed by atoms with Crippen molar-refractivity contribution in [1.29, 1.82) is 0 Å². The molecule has 9 heteroatoms. The quantitative estimate of drug-likeness (QED) is 0.502. The van der Waals surface area contributed by atoms with E-state index >= 15 is 0 Å². The van der Waals surface area contributed by atoms with Gasteiger partial charge in [0, 0.05) is 36.7 Å². The van der Waals surface area contributed by atoms with E-state index in [-0.39, 0.29) is 17.5 Å². The van der Waals surface area contributed by atoms with Gasteiger partial charge in [0.05, 0.1) is 11.2 Å². The first-order valence-electron chi connectivity index (χ1n) is 8.53. The predicted octanol–water partition coefficient (Wildman–Crippen LogP) is 3.73. The highest BCUT2D eigenvalue weighted by Gasteiger charge is 2.27. The minimum atomic E-state index is -0.473. The second-order valence-electron chi connectivity index (χ2n) is 6.29. The van der Waals surface area contributed by atoms with Crippen LogP contribution >= 0.6 is 11.3 Å². The summed E-state index contributed by atoms with van der Waals surface area (Å²) in [6.07, 6.45) is 3.23. The highest BCUT2D eigenvalue weighted by Crippen LogP contribution is 2.33. The number of nitro benzene ring substituents is 1. The SMILES string of the molecule is O=C(c1ccc([N+](=O)[O-])cc1)N1CCC(c2nnc(-c3ccco3)s2)CC1. The van der Waals surface area contributed by atoms with Gasteiger partial charge >= 0.3 is 0 Å². The van der Waals surface area contributed by atoms with Crippen molar-refractivity contribution in [1.82, 2.24) is 15.1 Å². The second-order valence-corrected chi connectivity index (χ2v) is 7.30. The summed E-state index contributed by atoms with van der Waals surface area (Å²) < 4.78 is 5.35. The van der Waals surface area contributed by atoms with Crippen LogP contribution < -0.4 is 0 Å². The molecule has 0 atom stereocenters. The average Bonchev–Trinajstić information content (AvgIpc) is 3.39. The number of nitrogens with zero attached hydrogens (tertiary/aromatic N) is 4. The van der Waals surface area contributed by atoms with Crippen LogP contribution in [0.4, 0.5) is 5.69 Å². The van der Waals surface area contributed by atoms with Crippen LogP contribution in [0.3, 0.4) is 0 Å². The van der Waals surface area contributed by atoms with E-state index in [0.29, 0.717) is 24.4 Å². The Balaban J connectivity index is 1.38. The van der Waals surface area contributed by atoms with Gasteiger partial charge in [-0.3, -0.25) is 14.9 Å². The van der Waals surface area contributed by atoms with E-state index in [4.69, 9.17) is 4.42 Å². The van der Waals surface area contributed by atoms with Gasteiger partial charge in [-0.15, -0.1) is 10.2 Å². The molecule has 4 rings (SSSR count). The van der Waals surface area contributed by atoms with Gasteiger partial charge in [0.25, 0.3) is 11.6 Å². The Hall–Kier alpha value is -3.07. The molecule has 1 aliphatic heterocycles. The summed E-state index contributed by atoms with van der Waals surface area (Å²) in [5.74, 6) is 0.883. The zero-order valence-corrected chi connectivity index (χ0v) is 15.1. The number of furan rings is 1. The number of non-ortho nitro benzene ring substituents is 1. The smallest absolute Gasteiger partial charge is 0.269 e. The molecule has 0 radical (unpaired) electrons. The molecule has 0 unspecified atom stereocenters. The van der Waals surface area contributed by atoms with Crippen LogP contribution in [-0.2, 0) is 0 Å². The lowest BCUT2D eigenvalue weighted by atomic mass is 9.97. The third-order valence-electron chi connectivity index (χ3n) is 4.63. The first-order valence-corrected chi connectivity index (χ1v) is 9.34. The molecule has 0 N–H and O–H groups in total. The third-order valence-corrected chi connectivity index (χ3v) is 5.73. The lowest BCUT2D eigenvalue weighted by Gasteiger charge is -2.31. The number of likely N-dealkylation sites (tertiary alicyclic amines) is 1. The van der Waals surface area contributed by atoms with Crippen molar-refractivity contribution in [2.45, 2.75) is 18.8 Å². The molecule has 1 amide bonds. The van der Waals surface area contributed by atoms with Gasteiger partial charge in [0.15, 0.2) is 10.8 Å². The fourth-order valence-electron chi connectivity index (χ4n) is 3.14. The number of amides is 1. The number of hydrogen-bond acceptors (Lipinski definition) is 7. The van der Waals surface area contributed by atoms with Crippen molar-refractivity contribution >= 4 is 22.9 Å². The number of nitro groups is 1. The van der Waals surface area contributed by atoms with Crippen molar-refractivity contribution < 1.29 is 14.1 Å². The van der Waals surface area contributed by atoms with Crippen LogP contribution in [0.25, 0.3) is 10.8 Å². The van der Waals surface area contributed by atoms with Gasteiger partial charge in [-0.1, -0.05) is 11.3 Å². The van der Waals surface area contributed by atoms with Gasteiger partial charge in [-0.05, 0) is 37.1 Å². The summed E-state index contributed by atoms with van der Waals surface area (Å²) in [6, 6.07) is 9.41. The molecule has 3 heterocycles. The predicted molar refractivity (Wildman–Crippen MR) is 98.6 cm³/mol. The highest BCUT2D eigenvalue weighted by molar-refractivity contribution is 7.14. The Kier molecular flexibility index (Phi) is 4.68. The Morgan fingerprint density at radius 1 is 1.19 bits per heavy atom. The van der Waals surface area contributed by atoms with Crippen LogP contribution in [0.1, 0.15) is 34.1 Å².